The van der Waals surface area contributed by atoms with E-state index in [0.717, 1.165) is 30.5 Å². The molecule has 3 aromatic rings. The first-order valence-corrected chi connectivity index (χ1v) is 9.85. The number of hydrogen-bond donors (Lipinski definition) is 1. The first-order chi connectivity index (χ1) is 14.1. The molecule has 1 aromatic heterocycles. The van der Waals surface area contributed by atoms with Gasteiger partial charge < -0.3 is 10.2 Å². The molecule has 4 rings (SSSR count). The van der Waals surface area contributed by atoms with Gasteiger partial charge in [-0.1, -0.05) is 29.8 Å². The quantitative estimate of drug-likeness (QED) is 0.671. The second kappa shape index (κ2) is 8.57. The van der Waals surface area contributed by atoms with E-state index in [0.29, 0.717) is 23.2 Å². The van der Waals surface area contributed by atoms with Gasteiger partial charge in [0.2, 0.25) is 11.9 Å². The second-order valence-electron chi connectivity index (χ2n) is 7.06. The average molecular weight is 411 g/mol. The maximum atomic E-state index is 13.1. The summed E-state index contributed by atoms with van der Waals surface area (Å²) in [6, 6.07) is 13.4. The molecular formula is C22H20ClFN4O. The molecule has 1 amide bonds. The van der Waals surface area contributed by atoms with Gasteiger partial charge in [-0.3, -0.25) is 4.79 Å². The predicted octanol–water partition coefficient (Wildman–Crippen LogP) is 4.79. The SMILES string of the molecule is O=C(Nc1cccc(Cl)c1)C1CCCN(c2ncc(-c3ccc(F)cc3)cn2)C1. The fraction of sp³-hybridized carbons (Fsp3) is 0.227. The van der Waals surface area contributed by atoms with Gasteiger partial charge in [0.15, 0.2) is 0 Å². The fourth-order valence-corrected chi connectivity index (χ4v) is 3.65. The highest BCUT2D eigenvalue weighted by atomic mass is 35.5. The maximum absolute atomic E-state index is 13.1. The number of hydrogen-bond acceptors (Lipinski definition) is 4. The minimum Gasteiger partial charge on any atom is -0.340 e. The number of amides is 1. The van der Waals surface area contributed by atoms with Gasteiger partial charge in [0.25, 0.3) is 0 Å². The van der Waals surface area contributed by atoms with E-state index in [9.17, 15) is 9.18 Å². The van der Waals surface area contributed by atoms with Crippen molar-refractivity contribution >= 4 is 29.1 Å². The van der Waals surface area contributed by atoms with Crippen LogP contribution in [0.5, 0.6) is 0 Å². The van der Waals surface area contributed by atoms with Crippen LogP contribution in [-0.4, -0.2) is 29.0 Å². The Morgan fingerprint density at radius 2 is 1.86 bits per heavy atom. The maximum Gasteiger partial charge on any atom is 0.229 e. The standard InChI is InChI=1S/C22H20ClFN4O/c23-18-4-1-5-20(11-18)27-21(29)16-3-2-10-28(14-16)22-25-12-17(13-26-22)15-6-8-19(24)9-7-15/h1,4-9,11-13,16H,2-3,10,14H2,(H,27,29). The summed E-state index contributed by atoms with van der Waals surface area (Å²) in [5.41, 5.74) is 2.37. The Bertz CT molecular complexity index is 994. The lowest BCUT2D eigenvalue weighted by Crippen LogP contribution is -2.41. The van der Waals surface area contributed by atoms with E-state index in [1.54, 1.807) is 36.7 Å². The summed E-state index contributed by atoms with van der Waals surface area (Å²) < 4.78 is 13.1. The molecular weight excluding hydrogens is 391 g/mol. The molecule has 2 heterocycles. The van der Waals surface area contributed by atoms with E-state index >= 15 is 0 Å². The Morgan fingerprint density at radius 3 is 2.59 bits per heavy atom. The number of piperidine rings is 1. The molecule has 7 heteroatoms. The molecule has 148 valence electrons. The van der Waals surface area contributed by atoms with E-state index in [-0.39, 0.29) is 17.6 Å². The fourth-order valence-electron chi connectivity index (χ4n) is 3.46. The van der Waals surface area contributed by atoms with Crippen LogP contribution in [-0.2, 0) is 4.79 Å². The normalized spacial score (nSPS) is 16.5. The predicted molar refractivity (Wildman–Crippen MR) is 112 cm³/mol. The number of nitrogens with one attached hydrogen (secondary N) is 1. The number of benzene rings is 2. The zero-order valence-corrected chi connectivity index (χ0v) is 16.4. The van der Waals surface area contributed by atoms with Crippen LogP contribution in [0, 0.1) is 11.7 Å². The van der Waals surface area contributed by atoms with E-state index in [4.69, 9.17) is 11.6 Å². The first-order valence-electron chi connectivity index (χ1n) is 9.48. The van der Waals surface area contributed by atoms with Crippen molar-refractivity contribution in [3.8, 4) is 11.1 Å². The molecule has 1 fully saturated rings. The highest BCUT2D eigenvalue weighted by Gasteiger charge is 2.27. The summed E-state index contributed by atoms with van der Waals surface area (Å²) in [5.74, 6) is 0.140. The van der Waals surface area contributed by atoms with Crippen LogP contribution in [0.3, 0.4) is 0 Å². The molecule has 29 heavy (non-hydrogen) atoms. The molecule has 1 atom stereocenters. The Morgan fingerprint density at radius 1 is 1.10 bits per heavy atom. The third kappa shape index (κ3) is 4.71. The number of carbonyl (C=O) groups excluding carboxylic acids is 1. The van der Waals surface area contributed by atoms with Crippen molar-refractivity contribution in [3.63, 3.8) is 0 Å². The highest BCUT2D eigenvalue weighted by molar-refractivity contribution is 6.30. The lowest BCUT2D eigenvalue weighted by molar-refractivity contribution is -0.120. The monoisotopic (exact) mass is 410 g/mol. The van der Waals surface area contributed by atoms with Crippen LogP contribution in [0.15, 0.2) is 60.9 Å². The Balaban J connectivity index is 1.42. The van der Waals surface area contributed by atoms with Gasteiger partial charge in [0.1, 0.15) is 5.82 Å². The van der Waals surface area contributed by atoms with Crippen molar-refractivity contribution in [1.82, 2.24) is 9.97 Å². The van der Waals surface area contributed by atoms with Gasteiger partial charge in [-0.05, 0) is 48.7 Å². The van der Waals surface area contributed by atoms with Gasteiger partial charge in [-0.2, -0.15) is 0 Å². The molecule has 1 saturated heterocycles. The lowest BCUT2D eigenvalue weighted by atomic mass is 9.97. The minimum absolute atomic E-state index is 0.0279. The summed E-state index contributed by atoms with van der Waals surface area (Å²) in [7, 11) is 0. The van der Waals surface area contributed by atoms with Gasteiger partial charge in [0, 0.05) is 41.8 Å². The molecule has 5 nitrogen and oxygen atoms in total. The van der Waals surface area contributed by atoms with Crippen molar-refractivity contribution in [3.05, 3.63) is 71.8 Å². The highest BCUT2D eigenvalue weighted by Crippen LogP contribution is 2.24. The lowest BCUT2D eigenvalue weighted by Gasteiger charge is -2.32. The van der Waals surface area contributed by atoms with Gasteiger partial charge in [-0.25, -0.2) is 14.4 Å². The second-order valence-corrected chi connectivity index (χ2v) is 7.50. The number of nitrogens with zero attached hydrogens (tertiary/aromatic N) is 3. The summed E-state index contributed by atoms with van der Waals surface area (Å²) in [4.78, 5) is 23.6. The summed E-state index contributed by atoms with van der Waals surface area (Å²) in [5, 5.41) is 3.52. The Labute approximate surface area is 173 Å². The van der Waals surface area contributed by atoms with Crippen molar-refractivity contribution < 1.29 is 9.18 Å². The number of rotatable bonds is 4. The number of carbonyl (C=O) groups is 1. The number of anilines is 2. The molecule has 1 aliphatic heterocycles. The topological polar surface area (TPSA) is 58.1 Å². The molecule has 2 aromatic carbocycles. The molecule has 0 bridgehead atoms. The minimum atomic E-state index is -0.276. The molecule has 1 N–H and O–H groups in total. The zero-order chi connectivity index (χ0) is 20.2. The molecule has 1 unspecified atom stereocenters. The van der Waals surface area contributed by atoms with Gasteiger partial charge in [-0.15, -0.1) is 0 Å². The first kappa shape index (κ1) is 19.3. The number of halogens is 2. The molecule has 0 spiro atoms. The molecule has 0 radical (unpaired) electrons. The third-order valence-electron chi connectivity index (χ3n) is 4.98. The van der Waals surface area contributed by atoms with Crippen LogP contribution in [0.25, 0.3) is 11.1 Å². The van der Waals surface area contributed by atoms with Crippen molar-refractivity contribution in [2.24, 2.45) is 5.92 Å². The zero-order valence-electron chi connectivity index (χ0n) is 15.7. The largest absolute Gasteiger partial charge is 0.340 e. The van der Waals surface area contributed by atoms with Crippen LogP contribution in [0.2, 0.25) is 5.02 Å². The van der Waals surface area contributed by atoms with E-state index in [1.165, 1.54) is 12.1 Å². The van der Waals surface area contributed by atoms with Crippen LogP contribution < -0.4 is 10.2 Å². The summed E-state index contributed by atoms with van der Waals surface area (Å²) >= 11 is 5.99. The summed E-state index contributed by atoms with van der Waals surface area (Å²) in [6.45, 7) is 1.36. The Kier molecular flexibility index (Phi) is 5.71. The van der Waals surface area contributed by atoms with Gasteiger partial charge >= 0.3 is 0 Å². The Hall–Kier alpha value is -2.99. The van der Waals surface area contributed by atoms with E-state index < -0.39 is 0 Å². The van der Waals surface area contributed by atoms with E-state index in [1.807, 2.05) is 17.0 Å². The smallest absolute Gasteiger partial charge is 0.229 e. The van der Waals surface area contributed by atoms with Crippen molar-refractivity contribution in [2.45, 2.75) is 12.8 Å². The van der Waals surface area contributed by atoms with Crippen molar-refractivity contribution in [2.75, 3.05) is 23.3 Å². The van der Waals surface area contributed by atoms with Gasteiger partial charge in [0.05, 0.1) is 5.92 Å². The van der Waals surface area contributed by atoms with Crippen molar-refractivity contribution in [1.29, 1.82) is 0 Å². The summed E-state index contributed by atoms with van der Waals surface area (Å²) in [6.07, 6.45) is 5.16. The molecule has 0 saturated carbocycles. The third-order valence-corrected chi connectivity index (χ3v) is 5.22. The van der Waals surface area contributed by atoms with Crippen LogP contribution >= 0.6 is 11.6 Å². The van der Waals surface area contributed by atoms with E-state index in [2.05, 4.69) is 15.3 Å². The number of aromatic nitrogens is 2. The molecule has 1 aliphatic rings. The average Bonchev–Trinajstić information content (AvgIpc) is 2.74. The molecule has 0 aliphatic carbocycles. The van der Waals surface area contributed by atoms with Crippen LogP contribution in [0.4, 0.5) is 16.0 Å². The van der Waals surface area contributed by atoms with Crippen LogP contribution in [0.1, 0.15) is 12.8 Å².